The van der Waals surface area contributed by atoms with E-state index in [0.29, 0.717) is 40.7 Å². The highest BCUT2D eigenvalue weighted by molar-refractivity contribution is 7.80. The molecule has 2 aromatic rings. The average molecular weight is 428 g/mol. The maximum Gasteiger partial charge on any atom is 0.172 e. The molecule has 0 spiro atoms. The number of hydrogen-bond acceptors (Lipinski definition) is 3. The number of nitrogens with zero attached hydrogens (tertiary/aromatic N) is 1. The number of benzene rings is 1. The fourth-order valence-electron chi connectivity index (χ4n) is 3.18. The third kappa shape index (κ3) is 4.69. The fourth-order valence-corrected chi connectivity index (χ4v) is 3.74. The van der Waals surface area contributed by atoms with Gasteiger partial charge in [-0.05, 0) is 55.2 Å². The minimum absolute atomic E-state index is 0.176. The van der Waals surface area contributed by atoms with Gasteiger partial charge in [0.1, 0.15) is 5.82 Å². The first-order valence-electron chi connectivity index (χ1n) is 8.60. The molecule has 0 bridgehead atoms. The first-order valence-corrected chi connectivity index (χ1v) is 9.77. The molecule has 2 heterocycles. The molecular weight excluding hydrogens is 408 g/mol. The smallest absolute Gasteiger partial charge is 0.172 e. The van der Waals surface area contributed by atoms with E-state index in [1.165, 1.54) is 18.3 Å². The SMILES string of the molecule is Cc1c(Cl)cnc(NC(=S)NCC2(c3ccc(F)cc3)CCOCC2)c1Cl. The third-order valence-corrected chi connectivity index (χ3v) is 6.02. The second kappa shape index (κ2) is 8.69. The Labute approximate surface area is 173 Å². The molecule has 0 atom stereocenters. The number of hydrogen-bond donors (Lipinski definition) is 2. The lowest BCUT2D eigenvalue weighted by Gasteiger charge is -2.38. The van der Waals surface area contributed by atoms with Crippen molar-refractivity contribution in [2.45, 2.75) is 25.2 Å². The first-order chi connectivity index (χ1) is 12.9. The van der Waals surface area contributed by atoms with Crippen molar-refractivity contribution >= 4 is 46.4 Å². The monoisotopic (exact) mass is 427 g/mol. The molecule has 3 rings (SSSR count). The van der Waals surface area contributed by atoms with Gasteiger partial charge in [-0.2, -0.15) is 0 Å². The highest BCUT2D eigenvalue weighted by atomic mass is 35.5. The largest absolute Gasteiger partial charge is 0.381 e. The number of rotatable bonds is 4. The van der Waals surface area contributed by atoms with E-state index in [4.69, 9.17) is 40.2 Å². The van der Waals surface area contributed by atoms with Crippen LogP contribution in [-0.2, 0) is 10.2 Å². The molecule has 1 saturated heterocycles. The number of pyridine rings is 1. The van der Waals surface area contributed by atoms with Crippen molar-refractivity contribution in [1.29, 1.82) is 0 Å². The molecule has 0 saturated carbocycles. The van der Waals surface area contributed by atoms with Crippen LogP contribution in [0.5, 0.6) is 0 Å². The van der Waals surface area contributed by atoms with E-state index < -0.39 is 0 Å². The zero-order chi connectivity index (χ0) is 19.4. The van der Waals surface area contributed by atoms with Crippen molar-refractivity contribution in [3.63, 3.8) is 0 Å². The Hall–Kier alpha value is -1.47. The van der Waals surface area contributed by atoms with E-state index in [-0.39, 0.29) is 11.2 Å². The molecule has 27 heavy (non-hydrogen) atoms. The van der Waals surface area contributed by atoms with Crippen LogP contribution in [0.2, 0.25) is 10.0 Å². The van der Waals surface area contributed by atoms with Crippen LogP contribution >= 0.6 is 35.4 Å². The van der Waals surface area contributed by atoms with Gasteiger partial charge in [0.15, 0.2) is 10.9 Å². The van der Waals surface area contributed by atoms with Crippen LogP contribution < -0.4 is 10.6 Å². The first kappa shape index (κ1) is 20.3. The van der Waals surface area contributed by atoms with Gasteiger partial charge in [-0.3, -0.25) is 0 Å². The Balaban J connectivity index is 1.71. The van der Waals surface area contributed by atoms with Crippen molar-refractivity contribution in [2.24, 2.45) is 0 Å². The number of thiocarbonyl (C=S) groups is 1. The van der Waals surface area contributed by atoms with E-state index in [1.807, 2.05) is 19.1 Å². The van der Waals surface area contributed by atoms with Crippen LogP contribution in [0.4, 0.5) is 10.2 Å². The quantitative estimate of drug-likeness (QED) is 0.681. The summed E-state index contributed by atoms with van der Waals surface area (Å²) in [6.07, 6.45) is 3.19. The standard InChI is InChI=1S/C19H20Cl2FN3OS/c1-12-15(20)10-23-17(16(12)21)25-18(27)24-11-19(6-8-26-9-7-19)13-2-4-14(22)5-3-13/h2-5,10H,6-9,11H2,1H3,(H2,23,24,25,27). The summed E-state index contributed by atoms with van der Waals surface area (Å²) in [6, 6.07) is 6.65. The molecule has 1 aromatic carbocycles. The Bertz CT molecular complexity index is 826. The number of anilines is 1. The molecule has 1 fully saturated rings. The molecule has 0 radical (unpaired) electrons. The lowest BCUT2D eigenvalue weighted by atomic mass is 9.74. The fraction of sp³-hybridized carbons (Fsp3) is 0.368. The summed E-state index contributed by atoms with van der Waals surface area (Å²) >= 11 is 17.7. The van der Waals surface area contributed by atoms with Crippen molar-refractivity contribution in [3.8, 4) is 0 Å². The normalized spacial score (nSPS) is 16.0. The second-order valence-corrected chi connectivity index (χ2v) is 7.79. The average Bonchev–Trinajstić information content (AvgIpc) is 2.68. The molecule has 1 aliphatic heterocycles. The van der Waals surface area contributed by atoms with Crippen molar-refractivity contribution < 1.29 is 9.13 Å². The van der Waals surface area contributed by atoms with Crippen LogP contribution in [0.15, 0.2) is 30.5 Å². The third-order valence-electron chi connectivity index (χ3n) is 4.93. The maximum atomic E-state index is 13.3. The summed E-state index contributed by atoms with van der Waals surface area (Å²) in [6.45, 7) is 3.73. The minimum Gasteiger partial charge on any atom is -0.381 e. The van der Waals surface area contributed by atoms with Gasteiger partial charge < -0.3 is 15.4 Å². The molecular formula is C19H20Cl2FN3OS. The highest BCUT2D eigenvalue weighted by Crippen LogP contribution is 2.34. The van der Waals surface area contributed by atoms with Gasteiger partial charge in [-0.25, -0.2) is 9.37 Å². The van der Waals surface area contributed by atoms with Crippen LogP contribution in [-0.4, -0.2) is 29.9 Å². The van der Waals surface area contributed by atoms with Crippen LogP contribution in [0.1, 0.15) is 24.0 Å². The zero-order valence-corrected chi connectivity index (χ0v) is 17.1. The van der Waals surface area contributed by atoms with Gasteiger partial charge >= 0.3 is 0 Å². The number of ether oxygens (including phenoxy) is 1. The summed E-state index contributed by atoms with van der Waals surface area (Å²) < 4.78 is 18.9. The number of halogens is 3. The number of nitrogens with one attached hydrogen (secondary N) is 2. The molecule has 4 nitrogen and oxygen atoms in total. The number of aromatic nitrogens is 1. The van der Waals surface area contributed by atoms with E-state index in [9.17, 15) is 4.39 Å². The highest BCUT2D eigenvalue weighted by Gasteiger charge is 2.34. The molecule has 1 aromatic heterocycles. The van der Waals surface area contributed by atoms with Gasteiger partial charge in [0.2, 0.25) is 0 Å². The predicted octanol–water partition coefficient (Wildman–Crippen LogP) is 4.87. The summed E-state index contributed by atoms with van der Waals surface area (Å²) in [4.78, 5) is 4.19. The molecule has 144 valence electrons. The van der Waals surface area contributed by atoms with Crippen molar-refractivity contribution in [2.75, 3.05) is 25.1 Å². The van der Waals surface area contributed by atoms with E-state index in [2.05, 4.69) is 15.6 Å². The van der Waals surface area contributed by atoms with Gasteiger partial charge in [0.05, 0.1) is 10.0 Å². The van der Waals surface area contributed by atoms with Gasteiger partial charge in [0.25, 0.3) is 0 Å². The van der Waals surface area contributed by atoms with Gasteiger partial charge in [-0.15, -0.1) is 0 Å². The van der Waals surface area contributed by atoms with E-state index in [0.717, 1.165) is 24.0 Å². The van der Waals surface area contributed by atoms with Crippen LogP contribution in [0.25, 0.3) is 0 Å². The Morgan fingerprint density at radius 3 is 2.59 bits per heavy atom. The molecule has 0 amide bonds. The van der Waals surface area contributed by atoms with Crippen LogP contribution in [0.3, 0.4) is 0 Å². The second-order valence-electron chi connectivity index (χ2n) is 6.60. The molecule has 2 N–H and O–H groups in total. The Morgan fingerprint density at radius 2 is 1.93 bits per heavy atom. The maximum absolute atomic E-state index is 13.3. The summed E-state index contributed by atoms with van der Waals surface area (Å²) in [7, 11) is 0. The Morgan fingerprint density at radius 1 is 1.26 bits per heavy atom. The lowest BCUT2D eigenvalue weighted by molar-refractivity contribution is 0.0515. The summed E-state index contributed by atoms with van der Waals surface area (Å²) in [5, 5.41) is 7.63. The topological polar surface area (TPSA) is 46.2 Å². The summed E-state index contributed by atoms with van der Waals surface area (Å²) in [5.41, 5.74) is 1.64. The molecule has 8 heteroatoms. The minimum atomic E-state index is -0.245. The molecule has 0 unspecified atom stereocenters. The predicted molar refractivity (Wildman–Crippen MR) is 111 cm³/mol. The molecule has 1 aliphatic rings. The van der Waals surface area contributed by atoms with E-state index >= 15 is 0 Å². The van der Waals surface area contributed by atoms with Crippen molar-refractivity contribution in [3.05, 3.63) is 57.5 Å². The van der Waals surface area contributed by atoms with Crippen molar-refractivity contribution in [1.82, 2.24) is 10.3 Å². The molecule has 0 aliphatic carbocycles. The van der Waals surface area contributed by atoms with Gasteiger partial charge in [0, 0.05) is 31.4 Å². The van der Waals surface area contributed by atoms with E-state index in [1.54, 1.807) is 0 Å². The summed E-state index contributed by atoms with van der Waals surface area (Å²) in [5.74, 6) is 0.212. The van der Waals surface area contributed by atoms with Gasteiger partial charge in [-0.1, -0.05) is 35.3 Å². The Kier molecular flexibility index (Phi) is 6.52. The van der Waals surface area contributed by atoms with Crippen LogP contribution in [0, 0.1) is 12.7 Å². The zero-order valence-electron chi connectivity index (χ0n) is 14.8. The lowest BCUT2D eigenvalue weighted by Crippen LogP contribution is -2.45.